The molecule has 0 bridgehead atoms. The van der Waals surface area contributed by atoms with Gasteiger partial charge in [0.05, 0.1) is 0 Å². The third-order valence-electron chi connectivity index (χ3n) is 6.83. The smallest absolute Gasteiger partial charge is 0.272 e. The molecule has 5 aromatic carbocycles. The fraction of sp³-hybridized carbons (Fsp3) is 0.0541. The van der Waals surface area contributed by atoms with Crippen molar-refractivity contribution in [1.29, 1.82) is 0 Å². The highest BCUT2D eigenvalue weighted by molar-refractivity contribution is 9.10. The Morgan fingerprint density at radius 3 is 2.24 bits per heavy atom. The molecular weight excluding hydrogens is 682 g/mol. The maximum absolute atomic E-state index is 13.7. The third kappa shape index (κ3) is 8.97. The minimum absolute atomic E-state index is 0.0726. The highest BCUT2D eigenvalue weighted by Gasteiger charge is 2.23. The summed E-state index contributed by atoms with van der Waals surface area (Å²) in [6.45, 7) is 1.91. The Kier molecular flexibility index (Phi) is 11.1. The number of nitrogens with one attached hydrogen (secondary N) is 3. The van der Waals surface area contributed by atoms with Gasteiger partial charge in [-0.05, 0) is 84.3 Å². The van der Waals surface area contributed by atoms with Crippen molar-refractivity contribution < 1.29 is 14.4 Å². The van der Waals surface area contributed by atoms with Crippen molar-refractivity contribution in [3.05, 3.63) is 165 Å². The Morgan fingerprint density at radius 1 is 0.783 bits per heavy atom. The van der Waals surface area contributed by atoms with Crippen molar-refractivity contribution in [3.63, 3.8) is 0 Å². The summed E-state index contributed by atoms with van der Waals surface area (Å²) in [4.78, 5) is 41.0. The molecule has 0 saturated heterocycles. The molecule has 0 heterocycles. The second-order valence-corrected chi connectivity index (χ2v) is 12.8. The Bertz CT molecular complexity index is 1900. The summed E-state index contributed by atoms with van der Waals surface area (Å²) < 4.78 is 0.836. The molecule has 0 aliphatic heterocycles. The number of thioether (sulfide) groups is 1. The van der Waals surface area contributed by atoms with E-state index in [1.807, 2.05) is 79.7 Å². The maximum atomic E-state index is 13.7. The Hall–Kier alpha value is -4.63. The molecule has 0 saturated carbocycles. The van der Waals surface area contributed by atoms with Crippen LogP contribution in [-0.2, 0) is 9.59 Å². The minimum Gasteiger partial charge on any atom is -0.325 e. The molecule has 0 aliphatic rings. The van der Waals surface area contributed by atoms with E-state index in [0.717, 1.165) is 26.1 Å². The van der Waals surface area contributed by atoms with Crippen molar-refractivity contribution in [2.24, 2.45) is 0 Å². The van der Waals surface area contributed by atoms with Crippen LogP contribution in [0.4, 0.5) is 11.4 Å². The van der Waals surface area contributed by atoms with Crippen molar-refractivity contribution in [2.75, 3.05) is 10.6 Å². The van der Waals surface area contributed by atoms with E-state index in [2.05, 4.69) is 31.9 Å². The van der Waals surface area contributed by atoms with Gasteiger partial charge in [0, 0.05) is 31.3 Å². The van der Waals surface area contributed by atoms with Gasteiger partial charge in [-0.15, -0.1) is 11.8 Å². The van der Waals surface area contributed by atoms with Crippen molar-refractivity contribution in [1.82, 2.24) is 5.32 Å². The fourth-order valence-corrected chi connectivity index (χ4v) is 6.19. The summed E-state index contributed by atoms with van der Waals surface area (Å²) in [5.74, 6) is -1.12. The number of carbonyl (C=O) groups is 3. The van der Waals surface area contributed by atoms with Gasteiger partial charge < -0.3 is 16.0 Å². The molecule has 0 spiro atoms. The van der Waals surface area contributed by atoms with Crippen LogP contribution >= 0.6 is 39.3 Å². The summed E-state index contributed by atoms with van der Waals surface area (Å²) in [6, 6.07) is 38.2. The average Bonchev–Trinajstić information content (AvgIpc) is 3.06. The Labute approximate surface area is 285 Å². The number of carbonyl (C=O) groups excluding carboxylic acids is 3. The minimum atomic E-state index is -0.595. The normalized spacial score (nSPS) is 11.8. The SMILES string of the molecule is Cc1ccc(Cl)cc1NC(=O)C(Sc1cccc(NC(=O)/C(=C\c2cccc(Br)c2)NC(=O)c2ccccc2)c1)c1ccccc1. The molecule has 6 nitrogen and oxygen atoms in total. The van der Waals surface area contributed by atoms with E-state index in [9.17, 15) is 14.4 Å². The third-order valence-corrected chi connectivity index (χ3v) is 8.81. The predicted octanol–water partition coefficient (Wildman–Crippen LogP) is 9.29. The molecule has 1 unspecified atom stereocenters. The maximum Gasteiger partial charge on any atom is 0.272 e. The first-order valence-corrected chi connectivity index (χ1v) is 16.3. The second-order valence-electron chi connectivity index (χ2n) is 10.3. The van der Waals surface area contributed by atoms with E-state index in [1.165, 1.54) is 11.8 Å². The fourth-order valence-electron chi connectivity index (χ4n) is 4.52. The number of aryl methyl sites for hydroxylation is 1. The molecule has 46 heavy (non-hydrogen) atoms. The highest BCUT2D eigenvalue weighted by atomic mass is 79.9. The summed E-state index contributed by atoms with van der Waals surface area (Å²) in [7, 11) is 0. The lowest BCUT2D eigenvalue weighted by Crippen LogP contribution is -2.30. The van der Waals surface area contributed by atoms with E-state index in [4.69, 9.17) is 11.6 Å². The topological polar surface area (TPSA) is 87.3 Å². The summed E-state index contributed by atoms with van der Waals surface area (Å²) in [5.41, 5.74) is 4.08. The average molecular weight is 711 g/mol. The van der Waals surface area contributed by atoms with E-state index >= 15 is 0 Å². The van der Waals surface area contributed by atoms with Gasteiger partial charge in [0.15, 0.2) is 0 Å². The number of benzene rings is 5. The highest BCUT2D eigenvalue weighted by Crippen LogP contribution is 2.37. The predicted molar refractivity (Wildman–Crippen MR) is 191 cm³/mol. The van der Waals surface area contributed by atoms with Gasteiger partial charge in [-0.25, -0.2) is 0 Å². The van der Waals surface area contributed by atoms with Crippen LogP contribution in [0.15, 0.2) is 142 Å². The van der Waals surface area contributed by atoms with Gasteiger partial charge in [-0.3, -0.25) is 14.4 Å². The quantitative estimate of drug-likeness (QED) is 0.0996. The van der Waals surface area contributed by atoms with E-state index in [0.29, 0.717) is 22.0 Å². The lowest BCUT2D eigenvalue weighted by molar-refractivity contribution is -0.116. The van der Waals surface area contributed by atoms with Gasteiger partial charge in [0.2, 0.25) is 5.91 Å². The first-order valence-electron chi connectivity index (χ1n) is 14.3. The van der Waals surface area contributed by atoms with E-state index < -0.39 is 17.1 Å². The largest absolute Gasteiger partial charge is 0.325 e. The zero-order chi connectivity index (χ0) is 32.5. The molecule has 0 fully saturated rings. The van der Waals surface area contributed by atoms with Crippen molar-refractivity contribution >= 4 is 74.5 Å². The zero-order valence-electron chi connectivity index (χ0n) is 24.7. The molecule has 0 radical (unpaired) electrons. The number of amides is 3. The molecule has 0 aliphatic carbocycles. The van der Waals surface area contributed by atoms with E-state index in [1.54, 1.807) is 60.7 Å². The first-order chi connectivity index (χ1) is 22.2. The molecule has 1 atom stereocenters. The molecule has 3 amide bonds. The molecule has 230 valence electrons. The van der Waals surface area contributed by atoms with Gasteiger partial charge >= 0.3 is 0 Å². The molecule has 3 N–H and O–H groups in total. The number of rotatable bonds is 10. The molecule has 5 rings (SSSR count). The first kappa shape index (κ1) is 32.8. The van der Waals surface area contributed by atoms with Crippen LogP contribution in [0.25, 0.3) is 6.08 Å². The molecule has 0 aromatic heterocycles. The lowest BCUT2D eigenvalue weighted by Gasteiger charge is -2.19. The van der Waals surface area contributed by atoms with Crippen LogP contribution in [-0.4, -0.2) is 17.7 Å². The number of anilines is 2. The van der Waals surface area contributed by atoms with Gasteiger partial charge in [0.25, 0.3) is 11.8 Å². The van der Waals surface area contributed by atoms with Crippen molar-refractivity contribution in [2.45, 2.75) is 17.1 Å². The van der Waals surface area contributed by atoms with Gasteiger partial charge in [-0.1, -0.05) is 100 Å². The van der Waals surface area contributed by atoms with Crippen LogP contribution in [0, 0.1) is 6.92 Å². The second kappa shape index (κ2) is 15.6. The van der Waals surface area contributed by atoms with Gasteiger partial charge in [-0.2, -0.15) is 0 Å². The van der Waals surface area contributed by atoms with Crippen LogP contribution in [0.1, 0.15) is 32.3 Å². The molecule has 9 heteroatoms. The summed E-state index contributed by atoms with van der Waals surface area (Å²) in [6.07, 6.45) is 1.62. The molecular formula is C37H29BrClN3O3S. The summed E-state index contributed by atoms with van der Waals surface area (Å²) in [5, 5.41) is 8.63. The van der Waals surface area contributed by atoms with Gasteiger partial charge in [0.1, 0.15) is 10.9 Å². The van der Waals surface area contributed by atoms with Crippen LogP contribution < -0.4 is 16.0 Å². The van der Waals surface area contributed by atoms with E-state index in [-0.39, 0.29) is 11.6 Å². The summed E-state index contributed by atoms with van der Waals surface area (Å²) >= 11 is 11.0. The molecule has 5 aromatic rings. The monoisotopic (exact) mass is 709 g/mol. The van der Waals surface area contributed by atoms with Crippen LogP contribution in [0.2, 0.25) is 5.02 Å². The number of halogens is 2. The van der Waals surface area contributed by atoms with Crippen LogP contribution in [0.5, 0.6) is 0 Å². The number of hydrogen-bond acceptors (Lipinski definition) is 4. The Balaban J connectivity index is 1.38. The standard InChI is InChI=1S/C37H29BrClN3O3S/c1-24-18-19-29(39)22-32(24)41-37(45)34(26-11-4-2-5-12-26)46-31-17-9-16-30(23-31)40-36(44)33(21-25-10-8-15-28(38)20-25)42-35(43)27-13-6-3-7-14-27/h2-23,34H,1H3,(H,40,44)(H,41,45)(H,42,43)/b33-21+. The van der Waals surface area contributed by atoms with Crippen LogP contribution in [0.3, 0.4) is 0 Å². The Morgan fingerprint density at radius 2 is 1.50 bits per heavy atom. The van der Waals surface area contributed by atoms with Crippen molar-refractivity contribution in [3.8, 4) is 0 Å². The number of hydrogen-bond donors (Lipinski definition) is 3. The zero-order valence-corrected chi connectivity index (χ0v) is 27.8. The lowest BCUT2D eigenvalue weighted by atomic mass is 10.1.